The molecule has 0 fully saturated rings. The summed E-state index contributed by atoms with van der Waals surface area (Å²) in [5.41, 5.74) is 3.00. The fourth-order valence-electron chi connectivity index (χ4n) is 2.04. The van der Waals surface area contributed by atoms with E-state index in [9.17, 15) is 15.0 Å². The lowest BCUT2D eigenvalue weighted by Gasteiger charge is -2.09. The van der Waals surface area contributed by atoms with Gasteiger partial charge in [0.05, 0.1) is 0 Å². The first-order valence-corrected chi connectivity index (χ1v) is 4.88. The Bertz CT molecular complexity index is 604. The molecule has 1 aromatic rings. The number of aliphatic hydroxyl groups is 1. The Balaban J connectivity index is 2.24. The molecule has 2 aliphatic carbocycles. The third kappa shape index (κ3) is 1.05. The highest BCUT2D eigenvalue weighted by Gasteiger charge is 2.28. The van der Waals surface area contributed by atoms with Crippen LogP contribution in [0.5, 0.6) is 5.75 Å². The third-order valence-electron chi connectivity index (χ3n) is 2.80. The number of rotatable bonds is 0. The molecule has 0 saturated carbocycles. The van der Waals surface area contributed by atoms with Crippen molar-refractivity contribution in [3.05, 3.63) is 52.8 Å². The molecule has 0 unspecified atom stereocenters. The number of aromatic hydroxyl groups is 1. The monoisotopic (exact) mass is 212 g/mol. The first-order chi connectivity index (χ1) is 7.66. The summed E-state index contributed by atoms with van der Waals surface area (Å²) in [4.78, 5) is 11.7. The molecule has 16 heavy (non-hydrogen) atoms. The lowest BCUT2D eigenvalue weighted by atomic mass is 9.95. The van der Waals surface area contributed by atoms with Crippen LogP contribution in [-0.2, 0) is 4.79 Å². The van der Waals surface area contributed by atoms with Gasteiger partial charge in [-0.3, -0.25) is 4.79 Å². The van der Waals surface area contributed by atoms with Crippen LogP contribution in [0.4, 0.5) is 0 Å². The van der Waals surface area contributed by atoms with Crippen LogP contribution in [0.15, 0.2) is 41.7 Å². The van der Waals surface area contributed by atoms with Gasteiger partial charge in [0, 0.05) is 5.57 Å². The Hall–Kier alpha value is -2.29. The number of fused-ring (bicyclic) bond motifs is 3. The first kappa shape index (κ1) is 8.97. The normalized spacial score (nSPS) is 17.2. The van der Waals surface area contributed by atoms with E-state index >= 15 is 0 Å². The Morgan fingerprint density at radius 1 is 1.00 bits per heavy atom. The predicted molar refractivity (Wildman–Crippen MR) is 59.8 cm³/mol. The van der Waals surface area contributed by atoms with E-state index in [1.807, 2.05) is 0 Å². The number of carbonyl (C=O) groups is 1. The van der Waals surface area contributed by atoms with Crippen molar-refractivity contribution in [2.45, 2.75) is 0 Å². The number of aliphatic hydroxyl groups excluding tert-OH is 1. The van der Waals surface area contributed by atoms with Gasteiger partial charge in [-0.05, 0) is 47.1 Å². The van der Waals surface area contributed by atoms with Gasteiger partial charge < -0.3 is 10.2 Å². The maximum Gasteiger partial charge on any atom is 0.227 e. The molecular weight excluding hydrogens is 204 g/mol. The number of carbonyl (C=O) groups excluding carboxylic acids is 1. The lowest BCUT2D eigenvalue weighted by Crippen LogP contribution is -2.08. The molecule has 0 aromatic heterocycles. The van der Waals surface area contributed by atoms with Crippen molar-refractivity contribution in [3.8, 4) is 5.75 Å². The second-order valence-corrected chi connectivity index (χ2v) is 3.79. The highest BCUT2D eigenvalue weighted by atomic mass is 16.3. The number of phenols is 1. The number of benzene rings is 1. The Morgan fingerprint density at radius 2 is 1.81 bits per heavy atom. The van der Waals surface area contributed by atoms with E-state index in [-0.39, 0.29) is 17.3 Å². The molecule has 0 aliphatic heterocycles. The van der Waals surface area contributed by atoms with Crippen LogP contribution in [0.25, 0.3) is 11.6 Å². The summed E-state index contributed by atoms with van der Waals surface area (Å²) in [6, 6.07) is 4.95. The van der Waals surface area contributed by atoms with Gasteiger partial charge in [-0.15, -0.1) is 0 Å². The maximum atomic E-state index is 11.7. The van der Waals surface area contributed by atoms with E-state index in [4.69, 9.17) is 0 Å². The zero-order chi connectivity index (χ0) is 11.3. The van der Waals surface area contributed by atoms with Crippen molar-refractivity contribution in [1.82, 2.24) is 0 Å². The van der Waals surface area contributed by atoms with Crippen molar-refractivity contribution >= 4 is 17.4 Å². The fraction of sp³-hybridized carbons (Fsp3) is 0. The average Bonchev–Trinajstić information content (AvgIpc) is 2.62. The van der Waals surface area contributed by atoms with Gasteiger partial charge in [-0.25, -0.2) is 0 Å². The fourth-order valence-corrected chi connectivity index (χ4v) is 2.04. The van der Waals surface area contributed by atoms with Crippen LogP contribution >= 0.6 is 0 Å². The zero-order valence-electron chi connectivity index (χ0n) is 8.27. The Kier molecular flexibility index (Phi) is 1.60. The topological polar surface area (TPSA) is 57.5 Å². The molecule has 3 nitrogen and oxygen atoms in total. The summed E-state index contributed by atoms with van der Waals surface area (Å²) in [6.07, 6.45) is 4.80. The van der Waals surface area contributed by atoms with E-state index in [2.05, 4.69) is 0 Å². The maximum absolute atomic E-state index is 11.7. The van der Waals surface area contributed by atoms with Gasteiger partial charge in [-0.2, -0.15) is 0 Å². The molecular formula is C13H8O3. The minimum Gasteiger partial charge on any atom is -0.508 e. The molecule has 2 N–H and O–H groups in total. The Labute approximate surface area is 91.7 Å². The summed E-state index contributed by atoms with van der Waals surface area (Å²) in [5.74, 6) is -0.445. The number of allylic oxidation sites excluding steroid dienone is 4. The molecule has 0 bridgehead atoms. The minimum absolute atomic E-state index is 0.166. The van der Waals surface area contributed by atoms with Crippen molar-refractivity contribution in [2.24, 2.45) is 0 Å². The molecule has 78 valence electrons. The van der Waals surface area contributed by atoms with Crippen LogP contribution in [0, 0.1) is 0 Å². The van der Waals surface area contributed by atoms with E-state index < -0.39 is 0 Å². The molecule has 3 heteroatoms. The molecule has 3 rings (SSSR count). The van der Waals surface area contributed by atoms with Crippen LogP contribution in [0.3, 0.4) is 0 Å². The number of hydrogen-bond donors (Lipinski definition) is 2. The van der Waals surface area contributed by atoms with Gasteiger partial charge >= 0.3 is 0 Å². The molecule has 2 aliphatic rings. The third-order valence-corrected chi connectivity index (χ3v) is 2.80. The molecule has 0 spiro atoms. The minimum atomic E-state index is -0.367. The molecule has 0 saturated heterocycles. The van der Waals surface area contributed by atoms with Gasteiger partial charge in [0.1, 0.15) is 5.75 Å². The SMILES string of the molecule is O=C1C(O)=CC=C2C1=Cc1cc(O)ccc12. The molecule has 0 amide bonds. The summed E-state index contributed by atoms with van der Waals surface area (Å²) in [7, 11) is 0. The molecule has 1 aromatic carbocycles. The van der Waals surface area contributed by atoms with E-state index in [1.165, 1.54) is 6.08 Å². The second kappa shape index (κ2) is 2.85. The first-order valence-electron chi connectivity index (χ1n) is 4.88. The number of Topliss-reactive ketones (excluding diaryl/α,β-unsaturated/α-hetero) is 1. The van der Waals surface area contributed by atoms with Crippen molar-refractivity contribution < 1.29 is 15.0 Å². The van der Waals surface area contributed by atoms with Crippen LogP contribution in [0.2, 0.25) is 0 Å². The van der Waals surface area contributed by atoms with Gasteiger partial charge in [0.2, 0.25) is 5.78 Å². The van der Waals surface area contributed by atoms with Gasteiger partial charge in [0.25, 0.3) is 0 Å². The second-order valence-electron chi connectivity index (χ2n) is 3.79. The largest absolute Gasteiger partial charge is 0.508 e. The van der Waals surface area contributed by atoms with Crippen LogP contribution in [0.1, 0.15) is 11.1 Å². The van der Waals surface area contributed by atoms with Gasteiger partial charge in [0.15, 0.2) is 5.76 Å². The highest BCUT2D eigenvalue weighted by Crippen LogP contribution is 2.39. The number of ketones is 1. The summed E-state index contributed by atoms with van der Waals surface area (Å²) < 4.78 is 0. The van der Waals surface area contributed by atoms with Crippen molar-refractivity contribution in [3.63, 3.8) is 0 Å². The van der Waals surface area contributed by atoms with Gasteiger partial charge in [-0.1, -0.05) is 6.07 Å². The molecule has 0 atom stereocenters. The standard InChI is InChI=1S/C13H8O3/c14-8-1-2-9-7(5-8)6-11-10(9)3-4-12(15)13(11)16/h1-6,14-15H. The van der Waals surface area contributed by atoms with E-state index in [0.29, 0.717) is 5.57 Å². The zero-order valence-corrected chi connectivity index (χ0v) is 8.27. The van der Waals surface area contributed by atoms with Crippen LogP contribution in [-0.4, -0.2) is 16.0 Å². The van der Waals surface area contributed by atoms with E-state index in [0.717, 1.165) is 16.7 Å². The number of hydrogen-bond acceptors (Lipinski definition) is 3. The van der Waals surface area contributed by atoms with Crippen LogP contribution < -0.4 is 0 Å². The smallest absolute Gasteiger partial charge is 0.227 e. The quantitative estimate of drug-likeness (QED) is 0.693. The predicted octanol–water partition coefficient (Wildman–Crippen LogP) is 2.20. The Morgan fingerprint density at radius 3 is 2.62 bits per heavy atom. The molecule has 0 radical (unpaired) electrons. The van der Waals surface area contributed by atoms with Crippen molar-refractivity contribution in [1.29, 1.82) is 0 Å². The highest BCUT2D eigenvalue weighted by molar-refractivity contribution is 6.24. The lowest BCUT2D eigenvalue weighted by molar-refractivity contribution is -0.114. The summed E-state index contributed by atoms with van der Waals surface area (Å²) in [6.45, 7) is 0. The average molecular weight is 212 g/mol. The summed E-state index contributed by atoms with van der Waals surface area (Å²) >= 11 is 0. The molecule has 0 heterocycles. The number of phenolic OH excluding ortho intramolecular Hbond substituents is 1. The van der Waals surface area contributed by atoms with E-state index in [1.54, 1.807) is 30.4 Å². The summed E-state index contributed by atoms with van der Waals surface area (Å²) in [5, 5.41) is 18.7. The van der Waals surface area contributed by atoms with Crippen molar-refractivity contribution in [2.75, 3.05) is 0 Å².